The average molecular weight is 313 g/mol. The number of carbonyl (C=O) groups is 2. The lowest BCUT2D eigenvalue weighted by molar-refractivity contribution is -0.384. The lowest BCUT2D eigenvalue weighted by Crippen LogP contribution is -2.24. The van der Waals surface area contributed by atoms with Gasteiger partial charge in [-0.05, 0) is 26.0 Å². The lowest BCUT2D eigenvalue weighted by atomic mass is 10.1. The first-order valence-corrected chi connectivity index (χ1v) is 6.95. The zero-order valence-corrected chi connectivity index (χ0v) is 12.7. The molecule has 1 atom stereocenters. The van der Waals surface area contributed by atoms with Crippen LogP contribution < -0.4 is 0 Å². The van der Waals surface area contributed by atoms with E-state index in [9.17, 15) is 19.7 Å². The summed E-state index contributed by atoms with van der Waals surface area (Å²) in [6.45, 7) is 3.40. The maximum atomic E-state index is 12.2. The molecule has 0 saturated carbocycles. The number of nitro groups is 1. The Kier molecular flexibility index (Phi) is 4.85. The highest BCUT2D eigenvalue weighted by atomic mass is 16.6. The van der Waals surface area contributed by atoms with Crippen molar-refractivity contribution in [1.29, 1.82) is 0 Å². The number of benzene rings is 2. The van der Waals surface area contributed by atoms with E-state index in [1.807, 2.05) is 6.92 Å². The first-order valence-electron chi connectivity index (χ1n) is 6.95. The molecule has 23 heavy (non-hydrogen) atoms. The Balaban J connectivity index is 2.05. The molecular weight excluding hydrogens is 298 g/mol. The van der Waals surface area contributed by atoms with Crippen LogP contribution in [0, 0.1) is 17.0 Å². The van der Waals surface area contributed by atoms with Gasteiger partial charge in [-0.2, -0.15) is 0 Å². The predicted octanol–water partition coefficient (Wildman–Crippen LogP) is 3.33. The molecule has 0 aliphatic rings. The van der Waals surface area contributed by atoms with E-state index in [-0.39, 0.29) is 17.0 Å². The Morgan fingerprint density at radius 3 is 2.04 bits per heavy atom. The summed E-state index contributed by atoms with van der Waals surface area (Å²) in [5.74, 6) is -1.01. The van der Waals surface area contributed by atoms with E-state index in [1.54, 1.807) is 24.3 Å². The number of nitrogens with zero attached hydrogens (tertiary/aromatic N) is 1. The van der Waals surface area contributed by atoms with Crippen LogP contribution in [-0.4, -0.2) is 22.8 Å². The minimum Gasteiger partial charge on any atom is -0.451 e. The fraction of sp³-hybridized carbons (Fsp3) is 0.176. The second-order valence-electron chi connectivity index (χ2n) is 5.08. The molecule has 0 heterocycles. The fourth-order valence-electron chi connectivity index (χ4n) is 1.95. The van der Waals surface area contributed by atoms with Gasteiger partial charge in [-0.15, -0.1) is 0 Å². The van der Waals surface area contributed by atoms with E-state index >= 15 is 0 Å². The molecule has 2 aromatic rings. The highest BCUT2D eigenvalue weighted by Crippen LogP contribution is 2.14. The van der Waals surface area contributed by atoms with Crippen molar-refractivity contribution in [3.63, 3.8) is 0 Å². The molecule has 0 aromatic heterocycles. The Morgan fingerprint density at radius 1 is 1.00 bits per heavy atom. The SMILES string of the molecule is Cc1ccc(C(=O)[C@H](C)OC(=O)c2ccc([N+](=O)[O-])cc2)cc1. The van der Waals surface area contributed by atoms with Gasteiger partial charge in [0.2, 0.25) is 5.78 Å². The Bertz CT molecular complexity index is 735. The number of ether oxygens (including phenoxy) is 1. The van der Waals surface area contributed by atoms with Gasteiger partial charge in [-0.25, -0.2) is 4.79 Å². The molecule has 0 radical (unpaired) electrons. The Hall–Kier alpha value is -3.02. The van der Waals surface area contributed by atoms with E-state index in [0.717, 1.165) is 5.56 Å². The Labute approximate surface area is 132 Å². The van der Waals surface area contributed by atoms with E-state index in [0.29, 0.717) is 5.56 Å². The van der Waals surface area contributed by atoms with Crippen LogP contribution >= 0.6 is 0 Å². The average Bonchev–Trinajstić information content (AvgIpc) is 2.54. The summed E-state index contributed by atoms with van der Waals surface area (Å²) in [5.41, 5.74) is 1.51. The number of hydrogen-bond acceptors (Lipinski definition) is 5. The second kappa shape index (κ2) is 6.83. The minimum absolute atomic E-state index is 0.120. The molecular formula is C17H15NO5. The van der Waals surface area contributed by atoms with Crippen LogP contribution in [0.25, 0.3) is 0 Å². The number of ketones is 1. The normalized spacial score (nSPS) is 11.6. The molecule has 0 saturated heterocycles. The molecule has 0 fully saturated rings. The van der Waals surface area contributed by atoms with Crippen molar-refractivity contribution in [3.05, 3.63) is 75.3 Å². The van der Waals surface area contributed by atoms with Gasteiger partial charge in [0.1, 0.15) is 0 Å². The standard InChI is InChI=1S/C17H15NO5/c1-11-3-5-13(6-4-11)16(19)12(2)23-17(20)14-7-9-15(10-8-14)18(21)22/h3-10,12H,1-2H3/t12-/m0/s1. The molecule has 0 aliphatic carbocycles. The first kappa shape index (κ1) is 16.4. The monoisotopic (exact) mass is 313 g/mol. The van der Waals surface area contributed by atoms with Crippen molar-refractivity contribution in [2.75, 3.05) is 0 Å². The van der Waals surface area contributed by atoms with E-state index in [2.05, 4.69) is 0 Å². The number of hydrogen-bond donors (Lipinski definition) is 0. The third-order valence-corrected chi connectivity index (χ3v) is 3.30. The van der Waals surface area contributed by atoms with Gasteiger partial charge in [0.25, 0.3) is 5.69 Å². The molecule has 6 heteroatoms. The van der Waals surface area contributed by atoms with Gasteiger partial charge in [0.05, 0.1) is 10.5 Å². The molecule has 0 unspecified atom stereocenters. The third kappa shape index (κ3) is 4.00. The summed E-state index contributed by atoms with van der Waals surface area (Å²) < 4.78 is 5.12. The summed E-state index contributed by atoms with van der Waals surface area (Å²) in [5, 5.41) is 10.6. The zero-order chi connectivity index (χ0) is 17.0. The van der Waals surface area contributed by atoms with Crippen LogP contribution in [-0.2, 0) is 4.74 Å². The van der Waals surface area contributed by atoms with Gasteiger partial charge in [-0.1, -0.05) is 29.8 Å². The fourth-order valence-corrected chi connectivity index (χ4v) is 1.95. The van der Waals surface area contributed by atoms with Gasteiger partial charge in [0, 0.05) is 17.7 Å². The summed E-state index contributed by atoms with van der Waals surface area (Å²) >= 11 is 0. The van der Waals surface area contributed by atoms with Crippen LogP contribution in [0.15, 0.2) is 48.5 Å². The largest absolute Gasteiger partial charge is 0.451 e. The van der Waals surface area contributed by atoms with E-state index in [1.165, 1.54) is 31.2 Å². The lowest BCUT2D eigenvalue weighted by Gasteiger charge is -2.12. The molecule has 2 rings (SSSR count). The number of nitro benzene ring substituents is 1. The minimum atomic E-state index is -0.944. The summed E-state index contributed by atoms with van der Waals surface area (Å²) in [4.78, 5) is 34.2. The second-order valence-corrected chi connectivity index (χ2v) is 5.08. The number of rotatable bonds is 5. The van der Waals surface area contributed by atoms with Crippen molar-refractivity contribution in [1.82, 2.24) is 0 Å². The topological polar surface area (TPSA) is 86.5 Å². The smallest absolute Gasteiger partial charge is 0.338 e. The van der Waals surface area contributed by atoms with Crippen molar-refractivity contribution in [2.45, 2.75) is 20.0 Å². The van der Waals surface area contributed by atoms with E-state index < -0.39 is 17.0 Å². The van der Waals surface area contributed by atoms with Crippen molar-refractivity contribution < 1.29 is 19.2 Å². The van der Waals surface area contributed by atoms with Crippen molar-refractivity contribution in [2.24, 2.45) is 0 Å². The molecule has 118 valence electrons. The summed E-state index contributed by atoms with van der Waals surface area (Å²) in [6, 6.07) is 12.0. The van der Waals surface area contributed by atoms with Crippen molar-refractivity contribution >= 4 is 17.4 Å². The third-order valence-electron chi connectivity index (χ3n) is 3.30. The van der Waals surface area contributed by atoms with Crippen LogP contribution in [0.2, 0.25) is 0 Å². The maximum Gasteiger partial charge on any atom is 0.338 e. The Morgan fingerprint density at radius 2 is 1.52 bits per heavy atom. The predicted molar refractivity (Wildman–Crippen MR) is 83.5 cm³/mol. The highest BCUT2D eigenvalue weighted by molar-refractivity contribution is 6.01. The summed E-state index contributed by atoms with van der Waals surface area (Å²) in [6.07, 6.45) is -0.944. The molecule has 0 bridgehead atoms. The maximum absolute atomic E-state index is 12.2. The van der Waals surface area contributed by atoms with Crippen LogP contribution in [0.5, 0.6) is 0 Å². The van der Waals surface area contributed by atoms with Gasteiger partial charge in [0.15, 0.2) is 6.10 Å². The van der Waals surface area contributed by atoms with Gasteiger partial charge < -0.3 is 4.74 Å². The highest BCUT2D eigenvalue weighted by Gasteiger charge is 2.20. The molecule has 0 aliphatic heterocycles. The molecule has 2 aromatic carbocycles. The number of Topliss-reactive ketones (excluding diaryl/α,β-unsaturated/α-hetero) is 1. The van der Waals surface area contributed by atoms with Crippen LogP contribution in [0.3, 0.4) is 0 Å². The van der Waals surface area contributed by atoms with Gasteiger partial charge in [-0.3, -0.25) is 14.9 Å². The molecule has 6 nitrogen and oxygen atoms in total. The van der Waals surface area contributed by atoms with Crippen LogP contribution in [0.4, 0.5) is 5.69 Å². The molecule has 0 amide bonds. The number of carbonyl (C=O) groups excluding carboxylic acids is 2. The first-order chi connectivity index (χ1) is 10.9. The quantitative estimate of drug-likeness (QED) is 0.366. The molecule has 0 spiro atoms. The number of esters is 1. The number of aryl methyl sites for hydroxylation is 1. The van der Waals surface area contributed by atoms with E-state index in [4.69, 9.17) is 4.74 Å². The number of non-ortho nitro benzene ring substituents is 1. The van der Waals surface area contributed by atoms with Crippen LogP contribution in [0.1, 0.15) is 33.2 Å². The summed E-state index contributed by atoms with van der Waals surface area (Å²) in [7, 11) is 0. The van der Waals surface area contributed by atoms with Gasteiger partial charge >= 0.3 is 5.97 Å². The van der Waals surface area contributed by atoms with Crippen molar-refractivity contribution in [3.8, 4) is 0 Å². The zero-order valence-electron chi connectivity index (χ0n) is 12.7. The molecule has 0 N–H and O–H groups in total.